The Hall–Kier alpha value is -2.70. The van der Waals surface area contributed by atoms with Gasteiger partial charge in [-0.1, -0.05) is 17.3 Å². The first-order valence-corrected chi connectivity index (χ1v) is 7.45. The van der Waals surface area contributed by atoms with Crippen molar-refractivity contribution in [2.45, 2.75) is 25.8 Å². The van der Waals surface area contributed by atoms with Crippen LogP contribution in [0.25, 0.3) is 11.0 Å². The Bertz CT molecular complexity index is 834. The van der Waals surface area contributed by atoms with Crippen LogP contribution in [0.2, 0.25) is 0 Å². The molecule has 3 aromatic rings. The quantitative estimate of drug-likeness (QED) is 0.757. The molecule has 1 amide bonds. The topological polar surface area (TPSA) is 88.5 Å². The number of amides is 1. The van der Waals surface area contributed by atoms with Gasteiger partial charge in [0.2, 0.25) is 0 Å². The van der Waals surface area contributed by atoms with Crippen LogP contribution in [-0.2, 0) is 19.4 Å². The summed E-state index contributed by atoms with van der Waals surface area (Å²) in [4.78, 5) is 19.6. The van der Waals surface area contributed by atoms with Crippen LogP contribution in [0.4, 0.5) is 0 Å². The zero-order valence-electron chi connectivity index (χ0n) is 12.0. The summed E-state index contributed by atoms with van der Waals surface area (Å²) >= 11 is 0. The highest BCUT2D eigenvalue weighted by molar-refractivity contribution is 5.93. The Morgan fingerprint density at radius 3 is 3.14 bits per heavy atom. The number of para-hydroxylation sites is 1. The van der Waals surface area contributed by atoms with Crippen molar-refractivity contribution in [2.75, 3.05) is 6.54 Å². The van der Waals surface area contributed by atoms with E-state index in [4.69, 9.17) is 0 Å². The first kappa shape index (κ1) is 13.0. The number of hydrogen-bond acceptors (Lipinski definition) is 4. The fourth-order valence-electron chi connectivity index (χ4n) is 2.80. The van der Waals surface area contributed by atoms with E-state index in [-0.39, 0.29) is 5.91 Å². The Kier molecular flexibility index (Phi) is 3.10. The van der Waals surface area contributed by atoms with Crippen molar-refractivity contribution < 1.29 is 4.79 Å². The van der Waals surface area contributed by atoms with Crippen molar-refractivity contribution >= 4 is 16.9 Å². The van der Waals surface area contributed by atoms with Crippen LogP contribution in [0.1, 0.15) is 28.4 Å². The van der Waals surface area contributed by atoms with E-state index >= 15 is 0 Å². The van der Waals surface area contributed by atoms with Crippen molar-refractivity contribution in [3.05, 3.63) is 41.5 Å². The molecule has 4 rings (SSSR count). The number of benzene rings is 1. The molecule has 0 atom stereocenters. The molecule has 2 aromatic heterocycles. The molecule has 112 valence electrons. The highest BCUT2D eigenvalue weighted by Gasteiger charge is 2.19. The van der Waals surface area contributed by atoms with Crippen LogP contribution < -0.4 is 5.32 Å². The monoisotopic (exact) mass is 296 g/mol. The fourth-order valence-corrected chi connectivity index (χ4v) is 2.80. The summed E-state index contributed by atoms with van der Waals surface area (Å²) in [7, 11) is 0. The molecular formula is C15H16N6O. The third-order valence-electron chi connectivity index (χ3n) is 3.91. The van der Waals surface area contributed by atoms with E-state index in [0.717, 1.165) is 35.4 Å². The smallest absolute Gasteiger partial charge is 0.271 e. The number of nitrogens with zero attached hydrogens (tertiary/aromatic N) is 4. The number of nitrogens with one attached hydrogen (secondary N) is 2. The van der Waals surface area contributed by atoms with Crippen LogP contribution in [-0.4, -0.2) is 37.4 Å². The molecule has 2 N–H and O–H groups in total. The largest absolute Gasteiger partial charge is 0.351 e. The molecule has 7 nitrogen and oxygen atoms in total. The molecule has 7 heteroatoms. The Morgan fingerprint density at radius 2 is 2.18 bits per heavy atom. The number of carbonyl (C=O) groups excluding carboxylic acids is 1. The van der Waals surface area contributed by atoms with Gasteiger partial charge in [0.15, 0.2) is 0 Å². The number of aryl methyl sites for hydroxylation is 3. The average Bonchev–Trinajstić information content (AvgIpc) is 3.09. The van der Waals surface area contributed by atoms with E-state index in [1.54, 1.807) is 0 Å². The van der Waals surface area contributed by atoms with Gasteiger partial charge in [-0.3, -0.25) is 4.79 Å². The van der Waals surface area contributed by atoms with Crippen molar-refractivity contribution in [3.8, 4) is 0 Å². The molecule has 0 spiro atoms. The maximum Gasteiger partial charge on any atom is 0.271 e. The molecule has 1 aliphatic rings. The molecule has 0 saturated heterocycles. The van der Waals surface area contributed by atoms with E-state index in [1.807, 2.05) is 28.9 Å². The number of aromatic amines is 1. The van der Waals surface area contributed by atoms with Gasteiger partial charge >= 0.3 is 0 Å². The van der Waals surface area contributed by atoms with Crippen LogP contribution in [0.5, 0.6) is 0 Å². The Labute approximate surface area is 126 Å². The molecule has 0 aliphatic carbocycles. The van der Waals surface area contributed by atoms with E-state index in [9.17, 15) is 4.79 Å². The van der Waals surface area contributed by atoms with E-state index in [2.05, 4.69) is 25.6 Å². The zero-order chi connectivity index (χ0) is 14.9. The predicted octanol–water partition coefficient (Wildman–Crippen LogP) is 1.07. The predicted molar refractivity (Wildman–Crippen MR) is 80.5 cm³/mol. The van der Waals surface area contributed by atoms with Gasteiger partial charge in [0, 0.05) is 18.7 Å². The number of imidazole rings is 1. The second-order valence-corrected chi connectivity index (χ2v) is 5.42. The molecule has 1 aliphatic heterocycles. The molecule has 3 heterocycles. The number of hydrogen-bond donors (Lipinski definition) is 2. The lowest BCUT2D eigenvalue weighted by Crippen LogP contribution is -2.23. The summed E-state index contributed by atoms with van der Waals surface area (Å²) in [6, 6.07) is 7.86. The second kappa shape index (κ2) is 5.25. The summed E-state index contributed by atoms with van der Waals surface area (Å²) in [5.74, 6) is 0.739. The minimum Gasteiger partial charge on any atom is -0.351 e. The van der Waals surface area contributed by atoms with Gasteiger partial charge in [-0.15, -0.1) is 5.10 Å². The standard InChI is InChI=1S/C15H16N6O/c22-15-14-11(5-3-8-16-15)17-13(18-14)7-9-21-12-6-2-1-4-10(12)19-20-21/h1-2,4,6H,3,5,7-9H2,(H,16,22)(H,17,18). The van der Waals surface area contributed by atoms with Crippen molar-refractivity contribution in [3.63, 3.8) is 0 Å². The molecule has 0 saturated carbocycles. The Balaban J connectivity index is 1.55. The van der Waals surface area contributed by atoms with Gasteiger partial charge < -0.3 is 10.3 Å². The van der Waals surface area contributed by atoms with E-state index < -0.39 is 0 Å². The summed E-state index contributed by atoms with van der Waals surface area (Å²) < 4.78 is 1.86. The molecule has 22 heavy (non-hydrogen) atoms. The van der Waals surface area contributed by atoms with Crippen LogP contribution in [0.3, 0.4) is 0 Å². The normalized spacial score (nSPS) is 14.6. The van der Waals surface area contributed by atoms with Gasteiger partial charge in [0.25, 0.3) is 5.91 Å². The maximum atomic E-state index is 11.9. The van der Waals surface area contributed by atoms with Crippen LogP contribution in [0.15, 0.2) is 24.3 Å². The third kappa shape index (κ3) is 2.24. The van der Waals surface area contributed by atoms with Crippen LogP contribution in [0, 0.1) is 0 Å². The third-order valence-corrected chi connectivity index (χ3v) is 3.91. The first-order valence-electron chi connectivity index (χ1n) is 7.45. The summed E-state index contributed by atoms with van der Waals surface area (Å²) in [5, 5.41) is 11.2. The number of fused-ring (bicyclic) bond motifs is 2. The number of rotatable bonds is 3. The van der Waals surface area contributed by atoms with Gasteiger partial charge in [-0.05, 0) is 25.0 Å². The van der Waals surface area contributed by atoms with Gasteiger partial charge in [-0.25, -0.2) is 9.67 Å². The fraction of sp³-hybridized carbons (Fsp3) is 0.333. The zero-order valence-corrected chi connectivity index (χ0v) is 12.0. The number of carbonyl (C=O) groups is 1. The SMILES string of the molecule is O=C1NCCCc2[nH]c(CCn3nnc4ccccc43)nc21. The molecule has 0 radical (unpaired) electrons. The number of H-pyrrole nitrogens is 1. The highest BCUT2D eigenvalue weighted by Crippen LogP contribution is 2.14. The second-order valence-electron chi connectivity index (χ2n) is 5.42. The van der Waals surface area contributed by atoms with Gasteiger partial charge in [0.1, 0.15) is 17.0 Å². The average molecular weight is 296 g/mol. The minimum absolute atomic E-state index is 0.0822. The lowest BCUT2D eigenvalue weighted by Gasteiger charge is -2.00. The molecule has 0 fully saturated rings. The molecular weight excluding hydrogens is 280 g/mol. The van der Waals surface area contributed by atoms with Crippen molar-refractivity contribution in [2.24, 2.45) is 0 Å². The first-order chi connectivity index (χ1) is 10.8. The van der Waals surface area contributed by atoms with Crippen LogP contribution >= 0.6 is 0 Å². The maximum absolute atomic E-state index is 11.9. The highest BCUT2D eigenvalue weighted by atomic mass is 16.1. The van der Waals surface area contributed by atoms with Gasteiger partial charge in [0.05, 0.1) is 12.1 Å². The summed E-state index contributed by atoms with van der Waals surface area (Å²) in [6.07, 6.45) is 2.48. The molecule has 0 unspecified atom stereocenters. The van der Waals surface area contributed by atoms with Crippen molar-refractivity contribution in [1.29, 1.82) is 0 Å². The molecule has 1 aromatic carbocycles. The Morgan fingerprint density at radius 1 is 1.27 bits per heavy atom. The minimum atomic E-state index is -0.0822. The van der Waals surface area contributed by atoms with Crippen molar-refractivity contribution in [1.82, 2.24) is 30.3 Å². The van der Waals surface area contributed by atoms with E-state index in [0.29, 0.717) is 25.2 Å². The molecule has 0 bridgehead atoms. The lowest BCUT2D eigenvalue weighted by atomic mass is 10.2. The van der Waals surface area contributed by atoms with Gasteiger partial charge in [-0.2, -0.15) is 0 Å². The summed E-state index contributed by atoms with van der Waals surface area (Å²) in [6.45, 7) is 1.39. The summed E-state index contributed by atoms with van der Waals surface area (Å²) in [5.41, 5.74) is 3.37. The van der Waals surface area contributed by atoms with E-state index in [1.165, 1.54) is 0 Å². The lowest BCUT2D eigenvalue weighted by molar-refractivity contribution is 0.0951. The number of aromatic nitrogens is 5.